The van der Waals surface area contributed by atoms with E-state index in [0.29, 0.717) is 11.3 Å². The summed E-state index contributed by atoms with van der Waals surface area (Å²) in [7, 11) is 0. The van der Waals surface area contributed by atoms with E-state index < -0.39 is 28.2 Å². The molecule has 170 valence electrons. The maximum Gasteiger partial charge on any atom is 0.271 e. The fourth-order valence-electron chi connectivity index (χ4n) is 3.59. The maximum absolute atomic E-state index is 13.7. The van der Waals surface area contributed by atoms with Crippen LogP contribution < -0.4 is 21.5 Å². The normalized spacial score (nSPS) is 12.7. The van der Waals surface area contributed by atoms with Gasteiger partial charge in [-0.15, -0.1) is 12.4 Å². The van der Waals surface area contributed by atoms with Crippen LogP contribution in [0.25, 0.3) is 0 Å². The average molecular weight is 471 g/mol. The number of rotatable bonds is 7. The minimum Gasteiger partial charge on any atom is -0.502 e. The lowest BCUT2D eigenvalue weighted by atomic mass is 9.96. The lowest BCUT2D eigenvalue weighted by Crippen LogP contribution is -2.32. The topological polar surface area (TPSA) is 78.4 Å². The van der Waals surface area contributed by atoms with Crippen molar-refractivity contribution in [3.05, 3.63) is 122 Å². The Balaban J connectivity index is 0.00000306. The Hall–Kier alpha value is -3.55. The zero-order valence-electron chi connectivity index (χ0n) is 17.5. The van der Waals surface area contributed by atoms with Gasteiger partial charge in [0.15, 0.2) is 17.4 Å². The van der Waals surface area contributed by atoms with Crippen LogP contribution in [0.5, 0.6) is 5.75 Å². The van der Waals surface area contributed by atoms with Crippen molar-refractivity contribution < 1.29 is 13.9 Å². The number of aromatic hydroxyl groups is 1. The van der Waals surface area contributed by atoms with E-state index in [1.165, 1.54) is 12.1 Å². The summed E-state index contributed by atoms with van der Waals surface area (Å²) in [4.78, 5) is 22.9. The molecule has 2 atom stereocenters. The smallest absolute Gasteiger partial charge is 0.271 e. The highest BCUT2D eigenvalue weighted by atomic mass is 35.5. The van der Waals surface area contributed by atoms with E-state index in [4.69, 9.17) is 0 Å². The molecule has 0 aliphatic carbocycles. The third kappa shape index (κ3) is 4.94. The minimum atomic E-state index is -0.911. The van der Waals surface area contributed by atoms with Crippen LogP contribution in [-0.4, -0.2) is 5.11 Å². The molecule has 8 heteroatoms. The van der Waals surface area contributed by atoms with Gasteiger partial charge in [-0.05, 0) is 47.9 Å². The van der Waals surface area contributed by atoms with Gasteiger partial charge in [0.05, 0.1) is 6.04 Å². The Morgan fingerprint density at radius 1 is 0.788 bits per heavy atom. The molecule has 0 aliphatic heterocycles. The molecular formula is C25H21ClF2N2O3. The quantitative estimate of drug-likeness (QED) is 0.336. The Kier molecular flexibility index (Phi) is 7.26. The van der Waals surface area contributed by atoms with Gasteiger partial charge in [-0.25, -0.2) is 8.78 Å². The summed E-state index contributed by atoms with van der Waals surface area (Å²) in [6.45, 7) is 1.85. The van der Waals surface area contributed by atoms with E-state index in [0.717, 1.165) is 17.2 Å². The molecule has 0 aromatic heterocycles. The second-order valence-electron chi connectivity index (χ2n) is 7.54. The second-order valence-corrected chi connectivity index (χ2v) is 7.54. The number of benzene rings is 3. The molecule has 0 bridgehead atoms. The largest absolute Gasteiger partial charge is 0.502 e. The average Bonchev–Trinajstić information content (AvgIpc) is 2.82. The van der Waals surface area contributed by atoms with Gasteiger partial charge in [0.2, 0.25) is 0 Å². The van der Waals surface area contributed by atoms with Gasteiger partial charge < -0.3 is 10.4 Å². The van der Waals surface area contributed by atoms with Crippen LogP contribution in [0.2, 0.25) is 0 Å². The summed E-state index contributed by atoms with van der Waals surface area (Å²) >= 11 is 0. The number of hydrogen-bond donors (Lipinski definition) is 3. The van der Waals surface area contributed by atoms with Crippen molar-refractivity contribution in [2.24, 2.45) is 0 Å². The maximum atomic E-state index is 13.7. The highest BCUT2D eigenvalue weighted by molar-refractivity contribution is 5.85. The van der Waals surface area contributed by atoms with Crippen LogP contribution in [0.1, 0.15) is 35.7 Å². The Labute approximate surface area is 194 Å². The molecule has 5 nitrogen and oxygen atoms in total. The monoisotopic (exact) mass is 470 g/mol. The van der Waals surface area contributed by atoms with Crippen LogP contribution in [0.4, 0.5) is 20.2 Å². The van der Waals surface area contributed by atoms with Crippen molar-refractivity contribution in [3.8, 4) is 5.75 Å². The molecule has 0 spiro atoms. The lowest BCUT2D eigenvalue weighted by molar-refractivity contribution is 0.466. The van der Waals surface area contributed by atoms with E-state index in [-0.39, 0.29) is 30.2 Å². The van der Waals surface area contributed by atoms with E-state index in [1.807, 2.05) is 43.3 Å². The molecule has 4 aromatic carbocycles. The first-order valence-corrected chi connectivity index (χ1v) is 10.0. The van der Waals surface area contributed by atoms with Crippen molar-refractivity contribution in [2.45, 2.75) is 19.0 Å². The first-order chi connectivity index (χ1) is 15.3. The minimum absolute atomic E-state index is 0. The number of hydrogen-bond acceptors (Lipinski definition) is 5. The summed E-state index contributed by atoms with van der Waals surface area (Å²) in [5, 5.41) is 15.9. The molecule has 0 aliphatic rings. The Morgan fingerprint density at radius 2 is 1.48 bits per heavy atom. The fourth-order valence-corrected chi connectivity index (χ4v) is 3.59. The highest BCUT2D eigenvalue weighted by Gasteiger charge is 2.22. The van der Waals surface area contributed by atoms with Gasteiger partial charge in [0.25, 0.3) is 10.9 Å². The van der Waals surface area contributed by atoms with Crippen molar-refractivity contribution in [1.82, 2.24) is 5.32 Å². The summed E-state index contributed by atoms with van der Waals surface area (Å²) < 4.78 is 27.1. The lowest BCUT2D eigenvalue weighted by Gasteiger charge is -2.25. The molecule has 33 heavy (non-hydrogen) atoms. The van der Waals surface area contributed by atoms with E-state index in [1.54, 1.807) is 18.2 Å². The number of anilines is 2. The van der Waals surface area contributed by atoms with E-state index in [9.17, 15) is 23.5 Å². The van der Waals surface area contributed by atoms with Crippen LogP contribution in [0.15, 0.2) is 82.4 Å². The summed E-state index contributed by atoms with van der Waals surface area (Å²) in [5.41, 5.74) is 1.07. The van der Waals surface area contributed by atoms with Gasteiger partial charge in [-0.2, -0.15) is 0 Å². The molecule has 0 saturated carbocycles. The second kappa shape index (κ2) is 9.94. The third-order valence-electron chi connectivity index (χ3n) is 5.37. The molecule has 4 aromatic rings. The molecule has 0 saturated heterocycles. The van der Waals surface area contributed by atoms with Crippen LogP contribution in [0, 0.1) is 11.6 Å². The third-order valence-corrected chi connectivity index (χ3v) is 5.37. The summed E-state index contributed by atoms with van der Waals surface area (Å²) in [6.07, 6.45) is 0. The van der Waals surface area contributed by atoms with Gasteiger partial charge in [-0.3, -0.25) is 14.9 Å². The molecule has 0 amide bonds. The van der Waals surface area contributed by atoms with E-state index in [2.05, 4.69) is 10.6 Å². The van der Waals surface area contributed by atoms with Crippen LogP contribution in [0.3, 0.4) is 0 Å². The van der Waals surface area contributed by atoms with Crippen molar-refractivity contribution in [3.63, 3.8) is 0 Å². The zero-order valence-corrected chi connectivity index (χ0v) is 18.3. The first-order valence-electron chi connectivity index (χ1n) is 10.0. The Bertz CT molecular complexity index is 1340. The van der Waals surface area contributed by atoms with Gasteiger partial charge in [0.1, 0.15) is 5.69 Å². The summed E-state index contributed by atoms with van der Waals surface area (Å²) in [5.74, 6) is -2.39. The van der Waals surface area contributed by atoms with Gasteiger partial charge in [0, 0.05) is 11.7 Å². The van der Waals surface area contributed by atoms with Crippen molar-refractivity contribution in [1.29, 1.82) is 0 Å². The van der Waals surface area contributed by atoms with Crippen molar-refractivity contribution >= 4 is 23.8 Å². The van der Waals surface area contributed by atoms with E-state index >= 15 is 0 Å². The molecular weight excluding hydrogens is 450 g/mol. The van der Waals surface area contributed by atoms with Crippen LogP contribution >= 0.6 is 12.4 Å². The molecule has 1 unspecified atom stereocenters. The Morgan fingerprint density at radius 3 is 2.15 bits per heavy atom. The molecule has 4 rings (SSSR count). The van der Waals surface area contributed by atoms with Gasteiger partial charge in [-0.1, -0.05) is 48.5 Å². The highest BCUT2D eigenvalue weighted by Crippen LogP contribution is 2.29. The summed E-state index contributed by atoms with van der Waals surface area (Å²) in [6, 6.07) is 19.9. The predicted molar refractivity (Wildman–Crippen MR) is 126 cm³/mol. The predicted octanol–water partition coefficient (Wildman–Crippen LogP) is 4.87. The molecule has 0 fully saturated rings. The van der Waals surface area contributed by atoms with Crippen molar-refractivity contribution in [2.75, 3.05) is 5.32 Å². The van der Waals surface area contributed by atoms with Gasteiger partial charge >= 0.3 is 0 Å². The molecule has 0 radical (unpaired) electrons. The van der Waals surface area contributed by atoms with Crippen LogP contribution in [-0.2, 0) is 0 Å². The zero-order chi connectivity index (χ0) is 22.8. The molecule has 3 N–H and O–H groups in total. The number of nitrogens with one attached hydrogen (secondary N) is 2. The molecule has 0 heterocycles. The standard InChI is InChI=1S/C25H20F2N2O3.ClH/c1-14(16-10-11-19(26)20(27)13-16)28-21(15-6-3-2-4-7-15)17-8-5-9-18(12-17)29-22-23(30)25(32)24(22)31;/h2-14,21,28-30H,1H3;1H/t14-,21?;/m1./s1. The number of halogens is 3. The SMILES string of the molecule is C[C@@H](NC(c1ccccc1)c1cccc(Nc2c(O)c(=O)c2=O)c1)c1ccc(F)c(F)c1.Cl. The first kappa shape index (κ1) is 24.1. The fraction of sp³-hybridized carbons (Fsp3) is 0.120.